The van der Waals surface area contributed by atoms with Gasteiger partial charge in [-0.05, 0) is 12.1 Å². The fraction of sp³-hybridized carbons (Fsp3) is 0.579. The molecule has 0 unspecified atom stereocenters. The van der Waals surface area contributed by atoms with Crippen LogP contribution in [-0.2, 0) is 9.53 Å². The molecule has 27 heavy (non-hydrogen) atoms. The van der Waals surface area contributed by atoms with Gasteiger partial charge >= 0.3 is 5.97 Å². The highest BCUT2D eigenvalue weighted by atomic mass is 16.5. The summed E-state index contributed by atoms with van der Waals surface area (Å²) >= 11 is 0. The van der Waals surface area contributed by atoms with Crippen LogP contribution < -0.4 is 9.47 Å². The van der Waals surface area contributed by atoms with E-state index >= 15 is 0 Å². The van der Waals surface area contributed by atoms with E-state index in [0.717, 1.165) is 0 Å². The molecule has 0 aromatic heterocycles. The Labute approximate surface area is 158 Å². The van der Waals surface area contributed by atoms with Crippen molar-refractivity contribution < 1.29 is 28.9 Å². The first-order valence-corrected chi connectivity index (χ1v) is 8.90. The monoisotopic (exact) mass is 378 g/mol. The lowest BCUT2D eigenvalue weighted by Gasteiger charge is -2.25. The topological polar surface area (TPSA) is 88.5 Å². The molecule has 148 valence electrons. The smallest absolute Gasteiger partial charge is 0.313 e. The van der Waals surface area contributed by atoms with Crippen molar-refractivity contribution in [1.82, 2.24) is 9.80 Å². The van der Waals surface area contributed by atoms with Gasteiger partial charge in [0.2, 0.25) is 0 Å². The predicted octanol–water partition coefficient (Wildman–Crippen LogP) is 0.809. The molecule has 1 aromatic carbocycles. The second-order valence-corrected chi connectivity index (χ2v) is 7.17. The molecule has 1 aromatic rings. The zero-order valence-electron chi connectivity index (χ0n) is 15.9. The first kappa shape index (κ1) is 19.4. The number of carboxylic acid groups (broad SMARTS) is 1. The second kappa shape index (κ2) is 7.74. The van der Waals surface area contributed by atoms with Gasteiger partial charge in [-0.3, -0.25) is 14.5 Å². The Hall–Kier alpha value is -2.32. The van der Waals surface area contributed by atoms with Crippen molar-refractivity contribution in [2.45, 2.75) is 0 Å². The minimum Gasteiger partial charge on any atom is -0.497 e. The van der Waals surface area contributed by atoms with Crippen LogP contribution in [0, 0.1) is 11.3 Å². The maximum absolute atomic E-state index is 13.0. The van der Waals surface area contributed by atoms with E-state index in [1.165, 1.54) is 14.2 Å². The van der Waals surface area contributed by atoms with E-state index in [1.807, 2.05) is 0 Å². The van der Waals surface area contributed by atoms with Gasteiger partial charge in [0, 0.05) is 57.4 Å². The molecule has 0 aliphatic carbocycles. The third-order valence-corrected chi connectivity index (χ3v) is 5.60. The van der Waals surface area contributed by atoms with E-state index in [2.05, 4.69) is 4.90 Å². The van der Waals surface area contributed by atoms with Gasteiger partial charge in [-0.15, -0.1) is 0 Å². The number of methoxy groups -OCH3 is 3. The molecule has 3 rings (SSSR count). The van der Waals surface area contributed by atoms with Crippen molar-refractivity contribution in [1.29, 1.82) is 0 Å². The summed E-state index contributed by atoms with van der Waals surface area (Å²) < 4.78 is 15.6. The standard InChI is InChI=1S/C19H26N2O6/c1-25-5-4-20-9-14-10-21(12-19(14,11-20)18(23)24)17(22)13-6-15(26-2)8-16(7-13)27-3/h6-8,14H,4-5,9-12H2,1-3H3,(H,23,24)/t14-,19-/m0/s1. The van der Waals surface area contributed by atoms with Gasteiger partial charge in [0.1, 0.15) is 16.9 Å². The molecule has 2 fully saturated rings. The van der Waals surface area contributed by atoms with Crippen molar-refractivity contribution in [3.8, 4) is 11.5 Å². The molecule has 0 bridgehead atoms. The fourth-order valence-corrected chi connectivity index (χ4v) is 4.13. The van der Waals surface area contributed by atoms with Crippen LogP contribution in [0.5, 0.6) is 11.5 Å². The molecule has 2 aliphatic heterocycles. The second-order valence-electron chi connectivity index (χ2n) is 7.17. The summed E-state index contributed by atoms with van der Waals surface area (Å²) in [4.78, 5) is 28.9. The maximum atomic E-state index is 13.0. The predicted molar refractivity (Wildman–Crippen MR) is 97.3 cm³/mol. The molecule has 8 nitrogen and oxygen atoms in total. The molecule has 2 aliphatic rings. The van der Waals surface area contributed by atoms with Gasteiger partial charge in [-0.25, -0.2) is 0 Å². The van der Waals surface area contributed by atoms with Crippen molar-refractivity contribution in [2.24, 2.45) is 11.3 Å². The molecule has 2 heterocycles. The number of hydrogen-bond donors (Lipinski definition) is 1. The van der Waals surface area contributed by atoms with Gasteiger partial charge in [0.15, 0.2) is 0 Å². The van der Waals surface area contributed by atoms with Crippen molar-refractivity contribution >= 4 is 11.9 Å². The van der Waals surface area contributed by atoms with E-state index in [-0.39, 0.29) is 18.4 Å². The Morgan fingerprint density at radius 3 is 2.30 bits per heavy atom. The van der Waals surface area contributed by atoms with E-state index in [0.29, 0.717) is 49.8 Å². The molecular weight excluding hydrogens is 352 g/mol. The van der Waals surface area contributed by atoms with Gasteiger partial charge in [0.05, 0.1) is 20.8 Å². The first-order valence-electron chi connectivity index (χ1n) is 8.90. The highest BCUT2D eigenvalue weighted by Crippen LogP contribution is 2.43. The lowest BCUT2D eigenvalue weighted by molar-refractivity contribution is -0.148. The number of carbonyl (C=O) groups excluding carboxylic acids is 1. The van der Waals surface area contributed by atoms with Crippen LogP contribution in [0.3, 0.4) is 0 Å². The summed E-state index contributed by atoms with van der Waals surface area (Å²) in [6, 6.07) is 5.00. The quantitative estimate of drug-likeness (QED) is 0.751. The molecule has 1 amide bonds. The maximum Gasteiger partial charge on any atom is 0.313 e. The number of rotatable bonds is 7. The number of amides is 1. The van der Waals surface area contributed by atoms with Crippen LogP contribution in [0.2, 0.25) is 0 Å². The Balaban J connectivity index is 1.79. The Bertz CT molecular complexity index is 702. The van der Waals surface area contributed by atoms with Gasteiger partial charge in [0.25, 0.3) is 5.91 Å². The van der Waals surface area contributed by atoms with Crippen molar-refractivity contribution in [2.75, 3.05) is 60.7 Å². The molecule has 2 saturated heterocycles. The van der Waals surface area contributed by atoms with Crippen LogP contribution in [0.15, 0.2) is 18.2 Å². The number of aliphatic carboxylic acids is 1. The normalized spacial score (nSPS) is 24.7. The number of nitrogens with zero attached hydrogens (tertiary/aromatic N) is 2. The Morgan fingerprint density at radius 1 is 1.11 bits per heavy atom. The minimum absolute atomic E-state index is 0.0942. The summed E-state index contributed by atoms with van der Waals surface area (Å²) in [6.45, 7) is 2.98. The van der Waals surface area contributed by atoms with E-state index in [9.17, 15) is 14.7 Å². The zero-order chi connectivity index (χ0) is 19.6. The van der Waals surface area contributed by atoms with Gasteiger partial charge in [-0.1, -0.05) is 0 Å². The number of carbonyl (C=O) groups is 2. The van der Waals surface area contributed by atoms with E-state index < -0.39 is 11.4 Å². The first-order chi connectivity index (χ1) is 12.9. The molecule has 1 N–H and O–H groups in total. The minimum atomic E-state index is -0.924. The fourth-order valence-electron chi connectivity index (χ4n) is 4.13. The molecule has 0 radical (unpaired) electrons. The third-order valence-electron chi connectivity index (χ3n) is 5.60. The largest absolute Gasteiger partial charge is 0.497 e. The molecule has 8 heteroatoms. The summed E-state index contributed by atoms with van der Waals surface area (Å²) in [6.07, 6.45) is 0. The van der Waals surface area contributed by atoms with Gasteiger partial charge in [-0.2, -0.15) is 0 Å². The summed E-state index contributed by atoms with van der Waals surface area (Å²) in [5.41, 5.74) is -0.491. The average Bonchev–Trinajstić information content (AvgIpc) is 3.20. The summed E-state index contributed by atoms with van der Waals surface area (Å²) in [7, 11) is 4.68. The average molecular weight is 378 g/mol. The Morgan fingerprint density at radius 2 is 1.78 bits per heavy atom. The molecule has 2 atom stereocenters. The SMILES string of the molecule is COCCN1C[C@H]2CN(C(=O)c3cc(OC)cc(OC)c3)C[C@@]2(C(=O)O)C1. The van der Waals surface area contributed by atoms with Crippen molar-refractivity contribution in [3.05, 3.63) is 23.8 Å². The number of fused-ring (bicyclic) bond motifs is 1. The van der Waals surface area contributed by atoms with Crippen LogP contribution in [-0.4, -0.2) is 87.4 Å². The van der Waals surface area contributed by atoms with Crippen LogP contribution in [0.1, 0.15) is 10.4 Å². The van der Waals surface area contributed by atoms with Gasteiger partial charge < -0.3 is 24.2 Å². The summed E-state index contributed by atoms with van der Waals surface area (Å²) in [5.74, 6) is -0.0912. The van der Waals surface area contributed by atoms with Crippen LogP contribution >= 0.6 is 0 Å². The molecule has 0 saturated carbocycles. The van der Waals surface area contributed by atoms with Crippen molar-refractivity contribution in [3.63, 3.8) is 0 Å². The number of hydrogen-bond acceptors (Lipinski definition) is 6. The zero-order valence-corrected chi connectivity index (χ0v) is 15.9. The summed E-state index contributed by atoms with van der Waals surface area (Å²) in [5, 5.41) is 9.92. The number of likely N-dealkylation sites (tertiary alicyclic amines) is 2. The lowest BCUT2D eigenvalue weighted by atomic mass is 9.81. The number of benzene rings is 1. The third kappa shape index (κ3) is 3.59. The molecule has 0 spiro atoms. The van der Waals surface area contributed by atoms with Crippen LogP contribution in [0.25, 0.3) is 0 Å². The van der Waals surface area contributed by atoms with Crippen LogP contribution in [0.4, 0.5) is 0 Å². The highest BCUT2D eigenvalue weighted by Gasteiger charge is 2.58. The number of carboxylic acids is 1. The lowest BCUT2D eigenvalue weighted by Crippen LogP contribution is -2.42. The van der Waals surface area contributed by atoms with E-state index in [1.54, 1.807) is 30.2 Å². The Kier molecular flexibility index (Phi) is 5.57. The molecular formula is C19H26N2O6. The number of ether oxygens (including phenoxy) is 3. The highest BCUT2D eigenvalue weighted by molar-refractivity contribution is 5.96. The van der Waals surface area contributed by atoms with E-state index in [4.69, 9.17) is 14.2 Å².